The number of oxazole rings is 1. The molecule has 0 radical (unpaired) electrons. The summed E-state index contributed by atoms with van der Waals surface area (Å²) in [6.45, 7) is 8.51. The smallest absolute Gasteiger partial charge is 0.230 e. The van der Waals surface area contributed by atoms with E-state index in [-0.39, 0.29) is 5.91 Å². The van der Waals surface area contributed by atoms with Crippen molar-refractivity contribution in [2.24, 2.45) is 0 Å². The van der Waals surface area contributed by atoms with E-state index < -0.39 is 0 Å². The molecule has 3 rings (SSSR count). The molecule has 1 N–H and O–H groups in total. The lowest BCUT2D eigenvalue weighted by Gasteiger charge is -2.14. The second-order valence-electron chi connectivity index (χ2n) is 6.87. The van der Waals surface area contributed by atoms with Crippen molar-refractivity contribution in [3.63, 3.8) is 0 Å². The van der Waals surface area contributed by atoms with Crippen molar-refractivity contribution in [1.29, 1.82) is 0 Å². The molecule has 1 amide bonds. The van der Waals surface area contributed by atoms with Gasteiger partial charge in [0.1, 0.15) is 11.5 Å². The summed E-state index contributed by atoms with van der Waals surface area (Å²) in [5, 5.41) is 3.00. The second-order valence-corrected chi connectivity index (χ2v) is 7.86. The van der Waals surface area contributed by atoms with Crippen molar-refractivity contribution < 1.29 is 13.9 Å². The standard InChI is InChI=1S/C21H29N3O3S/c1-3-26-18-8-6-17(7-9-18)21-23-19(16(2)27-21)14-28-15-20(25)22-10-13-24-11-4-5-12-24/h6-9H,3-5,10-15H2,1-2H3,(H,22,25). The van der Waals surface area contributed by atoms with Crippen molar-refractivity contribution in [3.05, 3.63) is 35.7 Å². The van der Waals surface area contributed by atoms with Crippen LogP contribution in [0.1, 0.15) is 31.2 Å². The van der Waals surface area contributed by atoms with Gasteiger partial charge in [-0.2, -0.15) is 0 Å². The van der Waals surface area contributed by atoms with Crippen molar-refractivity contribution in [2.45, 2.75) is 32.4 Å². The number of hydrogen-bond donors (Lipinski definition) is 1. The minimum Gasteiger partial charge on any atom is -0.494 e. The van der Waals surface area contributed by atoms with E-state index in [4.69, 9.17) is 9.15 Å². The molecule has 0 atom stereocenters. The van der Waals surface area contributed by atoms with E-state index in [1.165, 1.54) is 12.8 Å². The highest BCUT2D eigenvalue weighted by molar-refractivity contribution is 7.99. The maximum Gasteiger partial charge on any atom is 0.230 e. The van der Waals surface area contributed by atoms with E-state index >= 15 is 0 Å². The van der Waals surface area contributed by atoms with Crippen LogP contribution in [0.15, 0.2) is 28.7 Å². The van der Waals surface area contributed by atoms with E-state index in [1.54, 1.807) is 11.8 Å². The molecule has 2 heterocycles. The van der Waals surface area contributed by atoms with Gasteiger partial charge in [-0.3, -0.25) is 4.79 Å². The van der Waals surface area contributed by atoms with Crippen LogP contribution in [0.5, 0.6) is 5.75 Å². The van der Waals surface area contributed by atoms with Crippen molar-refractivity contribution in [1.82, 2.24) is 15.2 Å². The van der Waals surface area contributed by atoms with Crippen LogP contribution >= 0.6 is 11.8 Å². The molecule has 0 saturated carbocycles. The van der Waals surface area contributed by atoms with Gasteiger partial charge in [-0.25, -0.2) is 4.98 Å². The van der Waals surface area contributed by atoms with Crippen LogP contribution in [0.25, 0.3) is 11.5 Å². The van der Waals surface area contributed by atoms with E-state index in [1.807, 2.05) is 38.1 Å². The third-order valence-corrected chi connectivity index (χ3v) is 5.67. The van der Waals surface area contributed by atoms with Crippen LogP contribution in [-0.2, 0) is 10.5 Å². The van der Waals surface area contributed by atoms with E-state index in [0.29, 0.717) is 24.0 Å². The van der Waals surface area contributed by atoms with E-state index in [2.05, 4.69) is 15.2 Å². The number of nitrogens with one attached hydrogen (secondary N) is 1. The number of nitrogens with zero attached hydrogens (tertiary/aromatic N) is 2. The molecule has 0 unspecified atom stereocenters. The number of benzene rings is 1. The van der Waals surface area contributed by atoms with Gasteiger partial charge in [-0.15, -0.1) is 11.8 Å². The molecule has 1 saturated heterocycles. The Balaban J connectivity index is 1.42. The average molecular weight is 404 g/mol. The van der Waals surface area contributed by atoms with Crippen molar-refractivity contribution in [2.75, 3.05) is 38.5 Å². The molecule has 0 aliphatic carbocycles. The molecule has 0 spiro atoms. The Morgan fingerprint density at radius 2 is 2.04 bits per heavy atom. The van der Waals surface area contributed by atoms with Gasteiger partial charge in [0.05, 0.1) is 18.1 Å². The van der Waals surface area contributed by atoms with Gasteiger partial charge in [0, 0.05) is 24.4 Å². The summed E-state index contributed by atoms with van der Waals surface area (Å²) in [5.74, 6) is 3.41. The van der Waals surface area contributed by atoms with Gasteiger partial charge in [0.2, 0.25) is 11.8 Å². The Morgan fingerprint density at radius 1 is 1.29 bits per heavy atom. The normalized spacial score (nSPS) is 14.4. The lowest BCUT2D eigenvalue weighted by Crippen LogP contribution is -2.34. The zero-order valence-corrected chi connectivity index (χ0v) is 17.5. The van der Waals surface area contributed by atoms with Crippen molar-refractivity contribution in [3.8, 4) is 17.2 Å². The lowest BCUT2D eigenvalue weighted by molar-refractivity contribution is -0.118. The SMILES string of the molecule is CCOc1ccc(-c2nc(CSCC(=O)NCCN3CCCC3)c(C)o2)cc1. The Kier molecular flexibility index (Phi) is 7.80. The Labute approximate surface area is 171 Å². The molecule has 0 bridgehead atoms. The first kappa shape index (κ1) is 20.7. The second kappa shape index (κ2) is 10.5. The van der Waals surface area contributed by atoms with Crippen molar-refractivity contribution >= 4 is 17.7 Å². The number of aryl methyl sites for hydroxylation is 1. The number of thioether (sulfide) groups is 1. The molecular formula is C21H29N3O3S. The van der Waals surface area contributed by atoms with Crippen LogP contribution in [0.3, 0.4) is 0 Å². The molecular weight excluding hydrogens is 374 g/mol. The number of carbonyl (C=O) groups is 1. The van der Waals surface area contributed by atoms with Crippen LogP contribution < -0.4 is 10.1 Å². The fourth-order valence-electron chi connectivity index (χ4n) is 3.20. The number of carbonyl (C=O) groups excluding carboxylic acids is 1. The van der Waals surface area contributed by atoms with Gasteiger partial charge in [-0.05, 0) is 64.0 Å². The number of aromatic nitrogens is 1. The Morgan fingerprint density at radius 3 is 2.75 bits per heavy atom. The summed E-state index contributed by atoms with van der Waals surface area (Å²) in [7, 11) is 0. The molecule has 1 aliphatic rings. The fourth-order valence-corrected chi connectivity index (χ4v) is 4.05. The predicted octanol–water partition coefficient (Wildman–Crippen LogP) is 3.49. The first-order valence-electron chi connectivity index (χ1n) is 9.92. The molecule has 1 aliphatic heterocycles. The average Bonchev–Trinajstić information content (AvgIpc) is 3.33. The highest BCUT2D eigenvalue weighted by Gasteiger charge is 2.13. The highest BCUT2D eigenvalue weighted by Crippen LogP contribution is 2.25. The molecule has 28 heavy (non-hydrogen) atoms. The van der Waals surface area contributed by atoms with E-state index in [0.717, 1.165) is 48.9 Å². The largest absolute Gasteiger partial charge is 0.494 e. The van der Waals surface area contributed by atoms with Crippen LogP contribution in [0, 0.1) is 6.92 Å². The minimum absolute atomic E-state index is 0.0806. The maximum atomic E-state index is 12.0. The van der Waals surface area contributed by atoms with E-state index in [9.17, 15) is 4.79 Å². The first-order valence-corrected chi connectivity index (χ1v) is 11.1. The summed E-state index contributed by atoms with van der Waals surface area (Å²) in [6.07, 6.45) is 2.55. The number of ether oxygens (including phenoxy) is 1. The van der Waals surface area contributed by atoms with Crippen LogP contribution in [0.4, 0.5) is 0 Å². The number of hydrogen-bond acceptors (Lipinski definition) is 6. The molecule has 2 aromatic rings. The lowest BCUT2D eigenvalue weighted by atomic mass is 10.2. The molecule has 1 fully saturated rings. The summed E-state index contributed by atoms with van der Waals surface area (Å²) < 4.78 is 11.3. The quantitative estimate of drug-likeness (QED) is 0.655. The van der Waals surface area contributed by atoms with Gasteiger partial charge < -0.3 is 19.4 Å². The maximum absolute atomic E-state index is 12.0. The third kappa shape index (κ3) is 6.01. The first-order chi connectivity index (χ1) is 13.7. The highest BCUT2D eigenvalue weighted by atomic mass is 32.2. The van der Waals surface area contributed by atoms with Crippen LogP contribution in [0.2, 0.25) is 0 Å². The number of amides is 1. The number of likely N-dealkylation sites (tertiary alicyclic amines) is 1. The Bertz CT molecular complexity index is 755. The zero-order valence-electron chi connectivity index (χ0n) is 16.7. The minimum atomic E-state index is 0.0806. The molecule has 1 aromatic carbocycles. The monoisotopic (exact) mass is 403 g/mol. The summed E-state index contributed by atoms with van der Waals surface area (Å²) >= 11 is 1.56. The summed E-state index contributed by atoms with van der Waals surface area (Å²) in [4.78, 5) is 19.0. The summed E-state index contributed by atoms with van der Waals surface area (Å²) in [5.41, 5.74) is 1.81. The number of rotatable bonds is 10. The van der Waals surface area contributed by atoms with Gasteiger partial charge in [0.25, 0.3) is 0 Å². The third-order valence-electron chi connectivity index (χ3n) is 4.73. The summed E-state index contributed by atoms with van der Waals surface area (Å²) in [6, 6.07) is 7.72. The predicted molar refractivity (Wildman–Crippen MR) is 113 cm³/mol. The van der Waals surface area contributed by atoms with Gasteiger partial charge >= 0.3 is 0 Å². The van der Waals surface area contributed by atoms with Gasteiger partial charge in [0.15, 0.2) is 0 Å². The van der Waals surface area contributed by atoms with Crippen LogP contribution in [-0.4, -0.2) is 54.3 Å². The molecule has 1 aromatic heterocycles. The molecule has 7 heteroatoms. The van der Waals surface area contributed by atoms with Gasteiger partial charge in [-0.1, -0.05) is 0 Å². The molecule has 6 nitrogen and oxygen atoms in total. The fraction of sp³-hybridized carbons (Fsp3) is 0.524. The molecule has 152 valence electrons. The Hall–Kier alpha value is -1.99. The zero-order chi connectivity index (χ0) is 19.8. The topological polar surface area (TPSA) is 67.6 Å².